The summed E-state index contributed by atoms with van der Waals surface area (Å²) in [4.78, 5) is 41.6. The molecule has 0 atom stereocenters. The van der Waals surface area contributed by atoms with Gasteiger partial charge in [0.2, 0.25) is 5.91 Å². The second kappa shape index (κ2) is 11.7. The van der Waals surface area contributed by atoms with Gasteiger partial charge >= 0.3 is 5.97 Å². The third kappa shape index (κ3) is 6.45. The van der Waals surface area contributed by atoms with Crippen molar-refractivity contribution in [1.82, 2.24) is 4.90 Å². The Balaban J connectivity index is 1.59. The Morgan fingerprint density at radius 2 is 1.97 bits per heavy atom. The summed E-state index contributed by atoms with van der Waals surface area (Å²) in [6, 6.07) is 11.2. The molecule has 2 aromatic carbocycles. The number of para-hydroxylation sites is 1. The van der Waals surface area contributed by atoms with Gasteiger partial charge in [-0.15, -0.1) is 4.91 Å². The molecule has 168 valence electrons. The number of nitrogens with two attached hydrogens (primary N) is 1. The lowest BCUT2D eigenvalue weighted by molar-refractivity contribution is -0.111. The summed E-state index contributed by atoms with van der Waals surface area (Å²) < 4.78 is 11.0. The minimum atomic E-state index is -0.768. The summed E-state index contributed by atoms with van der Waals surface area (Å²) in [7, 11) is 0. The van der Waals surface area contributed by atoms with Crippen LogP contribution in [0, 0.1) is 4.91 Å². The number of amides is 1. The van der Waals surface area contributed by atoms with Crippen LogP contribution < -0.4 is 16.0 Å². The smallest absolute Gasteiger partial charge is 0.358 e. The average molecular weight is 440 g/mol. The van der Waals surface area contributed by atoms with E-state index in [4.69, 9.17) is 15.4 Å². The van der Waals surface area contributed by atoms with E-state index in [0.717, 1.165) is 19.6 Å². The first-order chi connectivity index (χ1) is 15.6. The Morgan fingerprint density at radius 3 is 2.72 bits per heavy atom. The quantitative estimate of drug-likeness (QED) is 0.345. The second-order valence-corrected chi connectivity index (χ2v) is 6.89. The number of ether oxygens (including phenoxy) is 2. The molecule has 1 amide bonds. The highest BCUT2D eigenvalue weighted by Crippen LogP contribution is 2.29. The summed E-state index contributed by atoms with van der Waals surface area (Å²) in [5.41, 5.74) is 1.12. The van der Waals surface area contributed by atoms with Crippen LogP contribution in [0.15, 0.2) is 53.7 Å². The summed E-state index contributed by atoms with van der Waals surface area (Å²) in [5.74, 6) is 4.05. The molecule has 0 spiro atoms. The first-order valence-electron chi connectivity index (χ1n) is 10.00. The van der Waals surface area contributed by atoms with Crippen molar-refractivity contribution in [2.75, 3.05) is 44.8 Å². The SMILES string of the molecule is NOC(=O)c1ccccc1NC(=O)/C=C/c1ccc(OCCN2CCOCC2)c(N=O)c1. The van der Waals surface area contributed by atoms with Gasteiger partial charge in [0.05, 0.1) is 24.5 Å². The summed E-state index contributed by atoms with van der Waals surface area (Å²) in [6.45, 7) is 4.27. The molecular weight excluding hydrogens is 416 g/mol. The molecule has 0 aliphatic carbocycles. The summed E-state index contributed by atoms with van der Waals surface area (Å²) >= 11 is 0. The van der Waals surface area contributed by atoms with Crippen molar-refractivity contribution in [3.63, 3.8) is 0 Å². The molecule has 3 N–H and O–H groups in total. The van der Waals surface area contributed by atoms with Gasteiger partial charge in [-0.25, -0.2) is 4.79 Å². The molecule has 0 radical (unpaired) electrons. The van der Waals surface area contributed by atoms with Crippen LogP contribution in [0.4, 0.5) is 11.4 Å². The summed E-state index contributed by atoms with van der Waals surface area (Å²) in [6.07, 6.45) is 2.79. The monoisotopic (exact) mass is 440 g/mol. The fourth-order valence-corrected chi connectivity index (χ4v) is 3.12. The van der Waals surface area contributed by atoms with Crippen molar-refractivity contribution >= 4 is 29.3 Å². The van der Waals surface area contributed by atoms with Crippen LogP contribution in [0.1, 0.15) is 15.9 Å². The minimum Gasteiger partial charge on any atom is -0.490 e. The minimum absolute atomic E-state index is 0.128. The van der Waals surface area contributed by atoms with Crippen molar-refractivity contribution in [3.8, 4) is 5.75 Å². The van der Waals surface area contributed by atoms with E-state index in [0.29, 0.717) is 31.1 Å². The van der Waals surface area contributed by atoms with Crippen molar-refractivity contribution < 1.29 is 23.9 Å². The Bertz CT molecular complexity index is 988. The van der Waals surface area contributed by atoms with E-state index in [1.54, 1.807) is 30.3 Å². The van der Waals surface area contributed by atoms with Crippen LogP contribution in [0.5, 0.6) is 5.75 Å². The molecule has 10 nitrogen and oxygen atoms in total. The lowest BCUT2D eigenvalue weighted by Gasteiger charge is -2.26. The molecule has 0 saturated carbocycles. The van der Waals surface area contributed by atoms with E-state index in [-0.39, 0.29) is 16.9 Å². The van der Waals surface area contributed by atoms with Gasteiger partial charge in [0.25, 0.3) is 0 Å². The highest BCUT2D eigenvalue weighted by atomic mass is 16.7. The van der Waals surface area contributed by atoms with E-state index in [9.17, 15) is 14.5 Å². The van der Waals surface area contributed by atoms with Crippen molar-refractivity contribution in [2.24, 2.45) is 11.1 Å². The molecule has 1 aliphatic rings. The molecule has 0 aromatic heterocycles. The first kappa shape index (κ1) is 23.1. The molecule has 1 fully saturated rings. The normalized spacial score (nSPS) is 14.2. The lowest BCUT2D eigenvalue weighted by atomic mass is 10.1. The zero-order chi connectivity index (χ0) is 22.8. The predicted molar refractivity (Wildman–Crippen MR) is 118 cm³/mol. The van der Waals surface area contributed by atoms with Crippen LogP contribution in [0.3, 0.4) is 0 Å². The largest absolute Gasteiger partial charge is 0.490 e. The van der Waals surface area contributed by atoms with Gasteiger partial charge in [-0.2, -0.15) is 5.90 Å². The number of rotatable bonds is 9. The van der Waals surface area contributed by atoms with E-state index >= 15 is 0 Å². The van der Waals surface area contributed by atoms with E-state index in [2.05, 4.69) is 20.2 Å². The number of anilines is 1. The zero-order valence-corrected chi connectivity index (χ0v) is 17.4. The average Bonchev–Trinajstić information content (AvgIpc) is 2.83. The third-order valence-corrected chi connectivity index (χ3v) is 4.79. The van der Waals surface area contributed by atoms with Crippen LogP contribution in [-0.2, 0) is 14.4 Å². The zero-order valence-electron chi connectivity index (χ0n) is 17.4. The fourth-order valence-electron chi connectivity index (χ4n) is 3.12. The predicted octanol–water partition coefficient (Wildman–Crippen LogP) is 2.48. The molecule has 3 rings (SSSR count). The van der Waals surface area contributed by atoms with Crippen LogP contribution in [0.2, 0.25) is 0 Å². The number of hydrogen-bond donors (Lipinski definition) is 2. The van der Waals surface area contributed by atoms with Crippen LogP contribution >= 0.6 is 0 Å². The molecule has 1 saturated heterocycles. The number of nitrogens with one attached hydrogen (secondary N) is 1. The van der Waals surface area contributed by atoms with Gasteiger partial charge in [-0.3, -0.25) is 9.69 Å². The standard InChI is InChI=1S/C22H24N4O6/c23-32-22(28)17-3-1-2-4-18(17)24-21(27)8-6-16-5-7-20(19(15-16)25-29)31-14-11-26-9-12-30-13-10-26/h1-8,15H,9-14,23H2,(H,24,27)/b8-6+. The van der Waals surface area contributed by atoms with Gasteiger partial charge < -0.3 is 19.6 Å². The fraction of sp³-hybridized carbons (Fsp3) is 0.273. The maximum absolute atomic E-state index is 12.3. The second-order valence-electron chi connectivity index (χ2n) is 6.89. The Kier molecular flexibility index (Phi) is 8.44. The number of nitrogens with zero attached hydrogens (tertiary/aromatic N) is 2. The van der Waals surface area contributed by atoms with Crippen LogP contribution in [0.25, 0.3) is 6.08 Å². The van der Waals surface area contributed by atoms with Crippen molar-refractivity contribution in [2.45, 2.75) is 0 Å². The van der Waals surface area contributed by atoms with E-state index in [1.165, 1.54) is 24.3 Å². The number of carbonyl (C=O) groups excluding carboxylic acids is 2. The Morgan fingerprint density at radius 1 is 1.19 bits per heavy atom. The first-order valence-corrected chi connectivity index (χ1v) is 10.00. The van der Waals surface area contributed by atoms with Gasteiger partial charge in [0.15, 0.2) is 0 Å². The molecule has 1 heterocycles. The summed E-state index contributed by atoms with van der Waals surface area (Å²) in [5, 5.41) is 5.62. The number of morpholine rings is 1. The molecule has 2 aromatic rings. The number of carbonyl (C=O) groups is 2. The maximum atomic E-state index is 12.3. The third-order valence-electron chi connectivity index (χ3n) is 4.79. The van der Waals surface area contributed by atoms with Gasteiger partial charge in [-0.05, 0) is 41.1 Å². The molecule has 1 aliphatic heterocycles. The molecule has 32 heavy (non-hydrogen) atoms. The maximum Gasteiger partial charge on any atom is 0.358 e. The number of benzene rings is 2. The highest BCUT2D eigenvalue weighted by molar-refractivity contribution is 6.06. The topological polar surface area (TPSA) is 133 Å². The molecule has 10 heteroatoms. The van der Waals surface area contributed by atoms with Gasteiger partial charge in [0, 0.05) is 25.7 Å². The van der Waals surface area contributed by atoms with Crippen molar-refractivity contribution in [3.05, 3.63) is 64.6 Å². The van der Waals surface area contributed by atoms with E-state index in [1.807, 2.05) is 0 Å². The molecule has 0 bridgehead atoms. The van der Waals surface area contributed by atoms with Gasteiger partial charge in [-0.1, -0.05) is 18.2 Å². The van der Waals surface area contributed by atoms with Crippen LogP contribution in [-0.4, -0.2) is 56.2 Å². The Labute approximate surface area is 184 Å². The number of nitroso groups, excluding NO2 is 1. The molecule has 0 unspecified atom stereocenters. The van der Waals surface area contributed by atoms with Gasteiger partial charge in [0.1, 0.15) is 18.0 Å². The lowest BCUT2D eigenvalue weighted by Crippen LogP contribution is -2.38. The van der Waals surface area contributed by atoms with E-state index < -0.39 is 11.9 Å². The Hall–Kier alpha value is -3.60. The van der Waals surface area contributed by atoms with Crippen molar-refractivity contribution in [1.29, 1.82) is 0 Å². The highest BCUT2D eigenvalue weighted by Gasteiger charge is 2.13. The number of hydrogen-bond acceptors (Lipinski definition) is 9. The molecular formula is C22H24N4O6.